The minimum atomic E-state index is 0.538. The lowest BCUT2D eigenvalue weighted by Crippen LogP contribution is -2.47. The highest BCUT2D eigenvalue weighted by molar-refractivity contribution is 5.86. The Morgan fingerprint density at radius 1 is 1.03 bits per heavy atom. The van der Waals surface area contributed by atoms with Gasteiger partial charge in [-0.2, -0.15) is 5.10 Å². The van der Waals surface area contributed by atoms with Crippen LogP contribution in [0.25, 0.3) is 11.0 Å². The first-order valence-electron chi connectivity index (χ1n) is 12.5. The fourth-order valence-electron chi connectivity index (χ4n) is 5.50. The van der Waals surface area contributed by atoms with E-state index in [1.54, 1.807) is 0 Å². The molecular weight excluding hydrogens is 398 g/mol. The van der Waals surface area contributed by atoms with Crippen molar-refractivity contribution >= 4 is 16.7 Å². The number of hydrogen-bond donors (Lipinski definition) is 1. The number of nitrogens with one attached hydrogen (secondary N) is 1. The third-order valence-corrected chi connectivity index (χ3v) is 7.57. The molecule has 170 valence electrons. The molecule has 2 aromatic heterocycles. The van der Waals surface area contributed by atoms with Crippen molar-refractivity contribution in [3.8, 4) is 0 Å². The van der Waals surface area contributed by atoms with Gasteiger partial charge in [0.1, 0.15) is 5.82 Å². The van der Waals surface area contributed by atoms with E-state index in [0.29, 0.717) is 6.04 Å². The number of imidazole rings is 1. The minimum Gasteiger partial charge on any atom is -0.382 e. The lowest BCUT2D eigenvalue weighted by atomic mass is 9.98. The first kappa shape index (κ1) is 20.2. The van der Waals surface area contributed by atoms with E-state index in [1.807, 2.05) is 23.1 Å². The van der Waals surface area contributed by atoms with Gasteiger partial charge in [-0.3, -0.25) is 14.5 Å². The van der Waals surface area contributed by atoms with Crippen LogP contribution in [0.5, 0.6) is 0 Å². The first-order valence-corrected chi connectivity index (χ1v) is 12.5. The second-order valence-corrected chi connectivity index (χ2v) is 9.85. The van der Waals surface area contributed by atoms with Crippen molar-refractivity contribution < 1.29 is 0 Å². The van der Waals surface area contributed by atoms with Crippen molar-refractivity contribution in [2.75, 3.05) is 38.0 Å². The van der Waals surface area contributed by atoms with Gasteiger partial charge in [0.05, 0.1) is 11.0 Å². The number of aryl methyl sites for hydroxylation is 3. The smallest absolute Gasteiger partial charge is 0.111 e. The van der Waals surface area contributed by atoms with Gasteiger partial charge in [-0.1, -0.05) is 0 Å². The van der Waals surface area contributed by atoms with Gasteiger partial charge in [0, 0.05) is 88.0 Å². The van der Waals surface area contributed by atoms with Crippen LogP contribution in [0.15, 0.2) is 30.6 Å². The number of rotatable bonds is 7. The summed E-state index contributed by atoms with van der Waals surface area (Å²) in [6.45, 7) is 10.1. The molecule has 1 atom stereocenters. The molecule has 1 aromatic carbocycles. The van der Waals surface area contributed by atoms with E-state index in [-0.39, 0.29) is 0 Å². The number of anilines is 1. The van der Waals surface area contributed by atoms with Gasteiger partial charge < -0.3 is 9.88 Å². The van der Waals surface area contributed by atoms with E-state index in [2.05, 4.69) is 43.8 Å². The maximum atomic E-state index is 5.21. The summed E-state index contributed by atoms with van der Waals surface area (Å²) in [7, 11) is 0. The van der Waals surface area contributed by atoms with Gasteiger partial charge in [-0.05, 0) is 50.8 Å². The fourth-order valence-corrected chi connectivity index (χ4v) is 5.50. The molecule has 0 radical (unpaired) electrons. The number of hydrogen-bond acceptors (Lipinski definition) is 5. The molecule has 3 aliphatic rings. The third-order valence-electron chi connectivity index (χ3n) is 7.57. The number of nitrogens with zero attached hydrogens (tertiary/aromatic N) is 6. The van der Waals surface area contributed by atoms with Gasteiger partial charge in [-0.25, -0.2) is 4.98 Å². The molecule has 7 nitrogen and oxygen atoms in total. The SMILES string of the molecule is C[C@H]1CCc2c(ccc3c2nc(CCn2cccn2)n3CCN2CCN(C3CC3)CC2)N1. The second-order valence-electron chi connectivity index (χ2n) is 9.85. The Morgan fingerprint density at radius 3 is 2.69 bits per heavy atom. The molecule has 4 heterocycles. The fraction of sp³-hybridized carbons (Fsp3) is 0.600. The normalized spacial score (nSPS) is 22.2. The molecular formula is C25H35N7. The molecule has 0 unspecified atom stereocenters. The van der Waals surface area contributed by atoms with E-state index < -0.39 is 0 Å². The summed E-state index contributed by atoms with van der Waals surface area (Å²) in [5.74, 6) is 1.19. The van der Waals surface area contributed by atoms with Crippen molar-refractivity contribution in [2.24, 2.45) is 0 Å². The van der Waals surface area contributed by atoms with Crippen molar-refractivity contribution in [1.82, 2.24) is 29.1 Å². The van der Waals surface area contributed by atoms with Crippen LogP contribution in [0.4, 0.5) is 5.69 Å². The zero-order chi connectivity index (χ0) is 21.5. The topological polar surface area (TPSA) is 54.2 Å². The lowest BCUT2D eigenvalue weighted by Gasteiger charge is -2.35. The molecule has 7 heteroatoms. The molecule has 0 amide bonds. The number of fused-ring (bicyclic) bond motifs is 3. The third kappa shape index (κ3) is 4.04. The highest BCUT2D eigenvalue weighted by Crippen LogP contribution is 2.32. The molecule has 1 N–H and O–H groups in total. The molecule has 3 aromatic rings. The summed E-state index contributed by atoms with van der Waals surface area (Å²) in [6, 6.07) is 7.99. The molecule has 6 rings (SSSR count). The van der Waals surface area contributed by atoms with Gasteiger partial charge >= 0.3 is 0 Å². The van der Waals surface area contributed by atoms with E-state index >= 15 is 0 Å². The molecule has 32 heavy (non-hydrogen) atoms. The summed E-state index contributed by atoms with van der Waals surface area (Å²) < 4.78 is 4.50. The largest absolute Gasteiger partial charge is 0.382 e. The monoisotopic (exact) mass is 433 g/mol. The Kier molecular flexibility index (Phi) is 5.39. The van der Waals surface area contributed by atoms with E-state index in [4.69, 9.17) is 4.98 Å². The summed E-state index contributed by atoms with van der Waals surface area (Å²) in [4.78, 5) is 10.5. The number of aromatic nitrogens is 4. The van der Waals surface area contributed by atoms with Gasteiger partial charge in [-0.15, -0.1) is 0 Å². The van der Waals surface area contributed by atoms with Crippen molar-refractivity contribution in [3.05, 3.63) is 42.0 Å². The standard InChI is InChI=1S/C25H35N7/c1-19-3-6-21-22(27-19)7-8-23-25(21)28-24(9-12-31-11-2-10-26-31)32(23)18-15-29-13-16-30(17-14-29)20-4-5-20/h2,7-8,10-11,19-20,27H,3-6,9,12-18H2,1H3/t19-/m0/s1. The zero-order valence-electron chi connectivity index (χ0n) is 19.2. The van der Waals surface area contributed by atoms with E-state index in [0.717, 1.165) is 38.5 Å². The second kappa shape index (κ2) is 8.52. The Bertz CT molecular complexity index is 1060. The number of benzene rings is 1. The zero-order valence-corrected chi connectivity index (χ0v) is 19.2. The van der Waals surface area contributed by atoms with Crippen molar-refractivity contribution in [2.45, 2.75) is 64.2 Å². The van der Waals surface area contributed by atoms with Crippen molar-refractivity contribution in [1.29, 1.82) is 0 Å². The quantitative estimate of drug-likeness (QED) is 0.621. The molecule has 1 aliphatic carbocycles. The van der Waals surface area contributed by atoms with Crippen LogP contribution in [0.2, 0.25) is 0 Å². The van der Waals surface area contributed by atoms with Crippen molar-refractivity contribution in [3.63, 3.8) is 0 Å². The highest BCUT2D eigenvalue weighted by atomic mass is 15.3. The Hall–Kier alpha value is -2.38. The average molecular weight is 434 g/mol. The molecule has 2 aliphatic heterocycles. The maximum Gasteiger partial charge on any atom is 0.111 e. The van der Waals surface area contributed by atoms with E-state index in [1.165, 1.54) is 73.6 Å². The Labute approximate surface area is 190 Å². The van der Waals surface area contributed by atoms with E-state index in [9.17, 15) is 0 Å². The van der Waals surface area contributed by atoms with Gasteiger partial charge in [0.2, 0.25) is 0 Å². The average Bonchev–Trinajstić information content (AvgIpc) is 3.41. The van der Waals surface area contributed by atoms with Gasteiger partial charge in [0.25, 0.3) is 0 Å². The van der Waals surface area contributed by atoms with Crippen LogP contribution in [-0.4, -0.2) is 73.9 Å². The summed E-state index contributed by atoms with van der Waals surface area (Å²) in [6.07, 6.45) is 9.92. The maximum absolute atomic E-state index is 5.21. The van der Waals surface area contributed by atoms with Crippen LogP contribution in [0.1, 0.15) is 37.6 Å². The first-order chi connectivity index (χ1) is 15.7. The predicted octanol–water partition coefficient (Wildman–Crippen LogP) is 3.00. The molecule has 0 spiro atoms. The van der Waals surface area contributed by atoms with Crippen LogP contribution < -0.4 is 5.32 Å². The molecule has 1 saturated carbocycles. The highest BCUT2D eigenvalue weighted by Gasteiger charge is 2.31. The van der Waals surface area contributed by atoms with Crippen LogP contribution in [0.3, 0.4) is 0 Å². The van der Waals surface area contributed by atoms with Crippen LogP contribution >= 0.6 is 0 Å². The van der Waals surface area contributed by atoms with Gasteiger partial charge in [0.15, 0.2) is 0 Å². The molecule has 1 saturated heterocycles. The summed E-state index contributed by atoms with van der Waals surface area (Å²) in [5.41, 5.74) is 5.18. The van der Waals surface area contributed by atoms with Crippen LogP contribution in [0, 0.1) is 0 Å². The molecule has 0 bridgehead atoms. The lowest BCUT2D eigenvalue weighted by molar-refractivity contribution is 0.123. The predicted molar refractivity (Wildman–Crippen MR) is 128 cm³/mol. The molecule has 2 fully saturated rings. The number of piperazine rings is 1. The van der Waals surface area contributed by atoms with Crippen LogP contribution in [-0.2, 0) is 25.9 Å². The minimum absolute atomic E-state index is 0.538. The summed E-state index contributed by atoms with van der Waals surface area (Å²) >= 11 is 0. The Balaban J connectivity index is 1.24. The summed E-state index contributed by atoms with van der Waals surface area (Å²) in [5, 5.41) is 8.06. The Morgan fingerprint density at radius 2 is 1.91 bits per heavy atom.